The first-order chi connectivity index (χ1) is 10.1. The molecule has 1 aromatic rings. The molecule has 0 bridgehead atoms. The van der Waals surface area contributed by atoms with E-state index in [9.17, 15) is 9.59 Å². The molecular formula is C16H20N2O3. The number of hydrogen-bond donors (Lipinski definition) is 1. The van der Waals surface area contributed by atoms with Crippen molar-refractivity contribution < 1.29 is 14.3 Å². The second-order valence-electron chi connectivity index (χ2n) is 5.88. The molecule has 1 unspecified atom stereocenters. The number of carbonyl (C=O) groups excluding carboxylic acids is 2. The number of ether oxygens (including phenoxy) is 1. The molecule has 1 N–H and O–H groups in total. The van der Waals surface area contributed by atoms with Gasteiger partial charge in [-0.3, -0.25) is 9.69 Å². The standard InChI is InChI=1S/C16H20N2O3/c1-16(12-8-9-12)14(19)18(15(20)17-16)10-5-11-21-13-6-3-2-4-7-13/h2-4,6-7,12H,5,8-11H2,1H3,(H,17,20). The molecular weight excluding hydrogens is 268 g/mol. The van der Waals surface area contributed by atoms with Crippen LogP contribution in [0.2, 0.25) is 0 Å². The van der Waals surface area contributed by atoms with E-state index < -0.39 is 5.54 Å². The van der Waals surface area contributed by atoms with Crippen LogP contribution in [0.1, 0.15) is 26.2 Å². The molecule has 1 aliphatic heterocycles. The number of amides is 3. The summed E-state index contributed by atoms with van der Waals surface area (Å²) in [5.74, 6) is 1.02. The summed E-state index contributed by atoms with van der Waals surface area (Å²) < 4.78 is 5.58. The van der Waals surface area contributed by atoms with Gasteiger partial charge in [0.25, 0.3) is 5.91 Å². The second-order valence-corrected chi connectivity index (χ2v) is 5.88. The highest BCUT2D eigenvalue weighted by atomic mass is 16.5. The normalized spacial score (nSPS) is 25.1. The monoisotopic (exact) mass is 288 g/mol. The number of benzene rings is 1. The average molecular weight is 288 g/mol. The first kappa shape index (κ1) is 13.9. The summed E-state index contributed by atoms with van der Waals surface area (Å²) in [6.07, 6.45) is 2.68. The quantitative estimate of drug-likeness (QED) is 0.644. The van der Waals surface area contributed by atoms with Crippen molar-refractivity contribution in [3.8, 4) is 5.75 Å². The molecule has 112 valence electrons. The summed E-state index contributed by atoms with van der Waals surface area (Å²) in [4.78, 5) is 25.7. The topological polar surface area (TPSA) is 58.6 Å². The summed E-state index contributed by atoms with van der Waals surface area (Å²) in [6.45, 7) is 2.73. The molecule has 1 atom stereocenters. The molecule has 2 fully saturated rings. The lowest BCUT2D eigenvalue weighted by molar-refractivity contribution is -0.131. The van der Waals surface area contributed by atoms with Crippen LogP contribution in [0.3, 0.4) is 0 Å². The minimum atomic E-state index is -0.683. The molecule has 1 aromatic carbocycles. The van der Waals surface area contributed by atoms with Crippen molar-refractivity contribution in [3.05, 3.63) is 30.3 Å². The summed E-state index contributed by atoms with van der Waals surface area (Å²) in [6, 6.07) is 9.25. The lowest BCUT2D eigenvalue weighted by atomic mass is 9.96. The molecule has 0 aromatic heterocycles. The van der Waals surface area contributed by atoms with E-state index in [0.29, 0.717) is 25.5 Å². The van der Waals surface area contributed by atoms with E-state index in [0.717, 1.165) is 18.6 Å². The molecule has 3 amide bonds. The van der Waals surface area contributed by atoms with E-state index >= 15 is 0 Å². The molecule has 5 nitrogen and oxygen atoms in total. The van der Waals surface area contributed by atoms with Gasteiger partial charge in [0.2, 0.25) is 0 Å². The first-order valence-electron chi connectivity index (χ1n) is 7.43. The highest BCUT2D eigenvalue weighted by Gasteiger charge is 2.55. The molecule has 1 saturated carbocycles. The summed E-state index contributed by atoms with van der Waals surface area (Å²) in [7, 11) is 0. The van der Waals surface area contributed by atoms with Gasteiger partial charge in [-0.2, -0.15) is 0 Å². The van der Waals surface area contributed by atoms with Crippen LogP contribution in [0.4, 0.5) is 4.79 Å². The lowest BCUT2D eigenvalue weighted by Crippen LogP contribution is -2.46. The zero-order valence-corrected chi connectivity index (χ0v) is 12.2. The minimum Gasteiger partial charge on any atom is -0.494 e. The predicted molar refractivity (Wildman–Crippen MR) is 77.9 cm³/mol. The SMILES string of the molecule is CC1(C2CC2)NC(=O)N(CCCOc2ccccc2)C1=O. The van der Waals surface area contributed by atoms with Crippen molar-refractivity contribution in [1.29, 1.82) is 0 Å². The first-order valence-corrected chi connectivity index (χ1v) is 7.43. The van der Waals surface area contributed by atoms with Crippen LogP contribution in [-0.2, 0) is 4.79 Å². The number of nitrogens with one attached hydrogen (secondary N) is 1. The average Bonchev–Trinajstić information content (AvgIpc) is 3.29. The maximum Gasteiger partial charge on any atom is 0.325 e. The largest absolute Gasteiger partial charge is 0.494 e. The Hall–Kier alpha value is -2.04. The predicted octanol–water partition coefficient (Wildman–Crippen LogP) is 2.18. The van der Waals surface area contributed by atoms with Gasteiger partial charge in [0.05, 0.1) is 6.61 Å². The van der Waals surface area contributed by atoms with Crippen molar-refractivity contribution in [2.24, 2.45) is 5.92 Å². The van der Waals surface area contributed by atoms with Crippen LogP contribution in [-0.4, -0.2) is 35.5 Å². The van der Waals surface area contributed by atoms with Gasteiger partial charge in [0.1, 0.15) is 11.3 Å². The third kappa shape index (κ3) is 2.73. The van der Waals surface area contributed by atoms with Gasteiger partial charge in [-0.1, -0.05) is 18.2 Å². The van der Waals surface area contributed by atoms with Gasteiger partial charge < -0.3 is 10.1 Å². The molecule has 2 aliphatic rings. The lowest BCUT2D eigenvalue weighted by Gasteiger charge is -2.20. The van der Waals surface area contributed by atoms with Crippen LogP contribution in [0.5, 0.6) is 5.75 Å². The number of hydrogen-bond acceptors (Lipinski definition) is 3. The van der Waals surface area contributed by atoms with E-state index in [1.807, 2.05) is 37.3 Å². The number of para-hydroxylation sites is 1. The van der Waals surface area contributed by atoms with Gasteiger partial charge in [-0.05, 0) is 44.2 Å². The molecule has 1 saturated heterocycles. The Kier molecular flexibility index (Phi) is 3.57. The summed E-state index contributed by atoms with van der Waals surface area (Å²) in [5, 5.41) is 2.85. The minimum absolute atomic E-state index is 0.0882. The fourth-order valence-corrected chi connectivity index (χ4v) is 2.79. The van der Waals surface area contributed by atoms with Crippen molar-refractivity contribution in [2.75, 3.05) is 13.2 Å². The number of nitrogens with zero attached hydrogens (tertiary/aromatic N) is 1. The molecule has 5 heteroatoms. The fraction of sp³-hybridized carbons (Fsp3) is 0.500. The van der Waals surface area contributed by atoms with Gasteiger partial charge in [-0.25, -0.2) is 4.79 Å². The molecule has 3 rings (SSSR count). The third-order valence-corrected chi connectivity index (χ3v) is 4.23. The Labute approximate surface area is 124 Å². The highest BCUT2D eigenvalue weighted by Crippen LogP contribution is 2.42. The Morgan fingerprint density at radius 1 is 1.29 bits per heavy atom. The Bertz CT molecular complexity index is 542. The molecule has 1 aliphatic carbocycles. The summed E-state index contributed by atoms with van der Waals surface area (Å²) in [5.41, 5.74) is -0.683. The van der Waals surface area contributed by atoms with E-state index in [1.165, 1.54) is 4.90 Å². The van der Waals surface area contributed by atoms with E-state index in [4.69, 9.17) is 4.74 Å². The van der Waals surface area contributed by atoms with Crippen LogP contribution in [0, 0.1) is 5.92 Å². The number of carbonyl (C=O) groups is 2. The van der Waals surface area contributed by atoms with Gasteiger partial charge in [0.15, 0.2) is 0 Å². The highest BCUT2D eigenvalue weighted by molar-refractivity contribution is 6.07. The maximum atomic E-state index is 12.4. The van der Waals surface area contributed by atoms with Crippen LogP contribution < -0.4 is 10.1 Å². The second kappa shape index (κ2) is 5.39. The summed E-state index contributed by atoms with van der Waals surface area (Å²) >= 11 is 0. The van der Waals surface area contributed by atoms with Crippen LogP contribution >= 0.6 is 0 Å². The van der Waals surface area contributed by atoms with Gasteiger partial charge >= 0.3 is 6.03 Å². The fourth-order valence-electron chi connectivity index (χ4n) is 2.79. The van der Waals surface area contributed by atoms with Crippen LogP contribution in [0.15, 0.2) is 30.3 Å². The van der Waals surface area contributed by atoms with Crippen molar-refractivity contribution in [2.45, 2.75) is 31.7 Å². The maximum absolute atomic E-state index is 12.4. The van der Waals surface area contributed by atoms with E-state index in [2.05, 4.69) is 5.32 Å². The molecule has 0 spiro atoms. The number of imide groups is 1. The zero-order valence-electron chi connectivity index (χ0n) is 12.2. The Morgan fingerprint density at radius 2 is 2.00 bits per heavy atom. The van der Waals surface area contributed by atoms with Crippen molar-refractivity contribution in [1.82, 2.24) is 10.2 Å². The molecule has 21 heavy (non-hydrogen) atoms. The van der Waals surface area contributed by atoms with Crippen LogP contribution in [0.25, 0.3) is 0 Å². The zero-order chi connectivity index (χ0) is 14.9. The number of rotatable bonds is 6. The van der Waals surface area contributed by atoms with Gasteiger partial charge in [-0.15, -0.1) is 0 Å². The number of urea groups is 1. The molecule has 1 heterocycles. The van der Waals surface area contributed by atoms with Crippen molar-refractivity contribution >= 4 is 11.9 Å². The molecule has 0 radical (unpaired) electrons. The van der Waals surface area contributed by atoms with E-state index in [-0.39, 0.29) is 11.9 Å². The Morgan fingerprint density at radius 3 is 2.67 bits per heavy atom. The smallest absolute Gasteiger partial charge is 0.325 e. The Balaban J connectivity index is 1.49. The third-order valence-electron chi connectivity index (χ3n) is 4.23. The van der Waals surface area contributed by atoms with E-state index in [1.54, 1.807) is 0 Å². The van der Waals surface area contributed by atoms with Crippen molar-refractivity contribution in [3.63, 3.8) is 0 Å². The van der Waals surface area contributed by atoms with Gasteiger partial charge in [0, 0.05) is 6.54 Å².